The molecule has 1 unspecified atom stereocenters. The Morgan fingerprint density at radius 1 is 1.42 bits per heavy atom. The number of hydrogen-bond acceptors (Lipinski definition) is 3. The monoisotopic (exact) mass is 301 g/mol. The molecular weight excluding hydrogens is 290 g/mol. The smallest absolute Gasteiger partial charge is 0.403 e. The summed E-state index contributed by atoms with van der Waals surface area (Å²) in [5.74, 6) is -2.05. The molecule has 0 saturated heterocycles. The molecule has 2 N–H and O–H groups in total. The van der Waals surface area contributed by atoms with Gasteiger partial charge in [0.1, 0.15) is 0 Å². The largest absolute Gasteiger partial charge is 0.573 e. The molecule has 108 valence electrons. The second-order valence-electron chi connectivity index (χ2n) is 3.83. The molecule has 0 aliphatic carbocycles. The van der Waals surface area contributed by atoms with E-state index >= 15 is 0 Å². The molecular formula is C11H12ClF4NO2. The first-order valence-corrected chi connectivity index (χ1v) is 5.80. The van der Waals surface area contributed by atoms with Gasteiger partial charge >= 0.3 is 6.36 Å². The summed E-state index contributed by atoms with van der Waals surface area (Å²) in [7, 11) is 0. The Labute approximate surface area is 112 Å². The predicted molar refractivity (Wildman–Crippen MR) is 63.0 cm³/mol. The molecule has 0 amide bonds. The number of benzene rings is 1. The van der Waals surface area contributed by atoms with Crippen LogP contribution in [-0.4, -0.2) is 30.0 Å². The third-order valence-corrected chi connectivity index (χ3v) is 2.57. The molecule has 0 fully saturated rings. The Hall–Kier alpha value is -1.21. The third-order valence-electron chi connectivity index (χ3n) is 2.21. The van der Waals surface area contributed by atoms with E-state index in [0.29, 0.717) is 5.56 Å². The summed E-state index contributed by atoms with van der Waals surface area (Å²) in [6.07, 6.45) is -5.79. The minimum absolute atomic E-state index is 0.0101. The molecule has 1 aromatic carbocycles. The van der Waals surface area contributed by atoms with Crippen LogP contribution in [0.5, 0.6) is 5.75 Å². The lowest BCUT2D eigenvalue weighted by Crippen LogP contribution is -2.21. The van der Waals surface area contributed by atoms with Crippen molar-refractivity contribution in [2.75, 3.05) is 17.7 Å². The molecule has 0 heterocycles. The molecule has 0 bridgehead atoms. The quantitative estimate of drug-likeness (QED) is 0.649. The summed E-state index contributed by atoms with van der Waals surface area (Å²) < 4.78 is 53.0. The zero-order valence-electron chi connectivity index (χ0n) is 9.89. The molecule has 19 heavy (non-hydrogen) atoms. The number of hydrogen-bond donors (Lipinski definition) is 2. The Morgan fingerprint density at radius 3 is 2.58 bits per heavy atom. The van der Waals surface area contributed by atoms with E-state index < -0.39 is 24.0 Å². The summed E-state index contributed by atoms with van der Waals surface area (Å²) in [4.78, 5) is 0. The normalized spacial score (nSPS) is 13.2. The standard InChI is InChI=1S/C11H12ClF4NO2/c1-6-2-10(19-11(14,15)16)8(13)3-9(6)17-5-7(18)4-12/h2-3,7,17-18H,4-5H2,1H3. The van der Waals surface area contributed by atoms with Crippen molar-refractivity contribution in [2.45, 2.75) is 19.4 Å². The molecule has 0 aromatic heterocycles. The number of halogens is 5. The van der Waals surface area contributed by atoms with E-state index in [0.717, 1.165) is 12.1 Å². The number of ether oxygens (including phenoxy) is 1. The molecule has 1 atom stereocenters. The van der Waals surface area contributed by atoms with Crippen LogP contribution in [-0.2, 0) is 0 Å². The highest BCUT2D eigenvalue weighted by Gasteiger charge is 2.32. The van der Waals surface area contributed by atoms with E-state index in [1.165, 1.54) is 6.92 Å². The minimum atomic E-state index is -4.95. The molecule has 1 rings (SSSR count). The number of aliphatic hydroxyl groups is 1. The molecule has 8 heteroatoms. The van der Waals surface area contributed by atoms with Gasteiger partial charge < -0.3 is 15.2 Å². The van der Waals surface area contributed by atoms with Crippen LogP contribution in [0.1, 0.15) is 5.56 Å². The lowest BCUT2D eigenvalue weighted by atomic mass is 10.1. The van der Waals surface area contributed by atoms with Crippen molar-refractivity contribution in [2.24, 2.45) is 0 Å². The van der Waals surface area contributed by atoms with Crippen molar-refractivity contribution in [3.63, 3.8) is 0 Å². The van der Waals surface area contributed by atoms with Crippen LogP contribution in [0.15, 0.2) is 12.1 Å². The van der Waals surface area contributed by atoms with Crippen LogP contribution < -0.4 is 10.1 Å². The highest BCUT2D eigenvalue weighted by molar-refractivity contribution is 6.18. The van der Waals surface area contributed by atoms with Gasteiger partial charge in [-0.25, -0.2) is 4.39 Å². The van der Waals surface area contributed by atoms with Gasteiger partial charge in [0.25, 0.3) is 0 Å². The second-order valence-corrected chi connectivity index (χ2v) is 4.14. The van der Waals surface area contributed by atoms with Gasteiger partial charge in [0.05, 0.1) is 12.0 Å². The minimum Gasteiger partial charge on any atom is -0.403 e. The number of anilines is 1. The van der Waals surface area contributed by atoms with Gasteiger partial charge in [-0.2, -0.15) is 0 Å². The maximum atomic E-state index is 13.4. The summed E-state index contributed by atoms with van der Waals surface area (Å²) in [6.45, 7) is 1.54. The Morgan fingerprint density at radius 2 is 2.05 bits per heavy atom. The molecule has 3 nitrogen and oxygen atoms in total. The third kappa shape index (κ3) is 5.12. The van der Waals surface area contributed by atoms with Crippen molar-refractivity contribution < 1.29 is 27.4 Å². The van der Waals surface area contributed by atoms with Crippen molar-refractivity contribution in [3.8, 4) is 5.75 Å². The highest BCUT2D eigenvalue weighted by atomic mass is 35.5. The summed E-state index contributed by atoms with van der Waals surface area (Å²) >= 11 is 5.38. The number of aryl methyl sites for hydroxylation is 1. The van der Waals surface area contributed by atoms with Gasteiger partial charge in [-0.15, -0.1) is 24.8 Å². The van der Waals surface area contributed by atoms with Crippen LogP contribution in [0.3, 0.4) is 0 Å². The summed E-state index contributed by atoms with van der Waals surface area (Å²) in [6, 6.07) is 1.80. The average molecular weight is 302 g/mol. The van der Waals surface area contributed by atoms with Gasteiger partial charge in [0.15, 0.2) is 11.6 Å². The second kappa shape index (κ2) is 6.29. The van der Waals surface area contributed by atoms with E-state index in [9.17, 15) is 22.7 Å². The van der Waals surface area contributed by atoms with Crippen LogP contribution >= 0.6 is 11.6 Å². The number of alkyl halides is 4. The molecule has 0 saturated carbocycles. The van der Waals surface area contributed by atoms with Crippen molar-refractivity contribution in [1.29, 1.82) is 0 Å². The molecule has 0 aliphatic rings. The van der Waals surface area contributed by atoms with Crippen molar-refractivity contribution in [1.82, 2.24) is 0 Å². The first-order valence-electron chi connectivity index (χ1n) is 5.26. The van der Waals surface area contributed by atoms with Crippen molar-refractivity contribution in [3.05, 3.63) is 23.5 Å². The SMILES string of the molecule is Cc1cc(OC(F)(F)F)c(F)cc1NCC(O)CCl. The zero-order valence-corrected chi connectivity index (χ0v) is 10.6. The van der Waals surface area contributed by atoms with Gasteiger partial charge in [0, 0.05) is 18.3 Å². The van der Waals surface area contributed by atoms with E-state index in [1.807, 2.05) is 0 Å². The number of aliphatic hydroxyl groups excluding tert-OH is 1. The number of rotatable bonds is 5. The van der Waals surface area contributed by atoms with Gasteiger partial charge in [-0.3, -0.25) is 0 Å². The van der Waals surface area contributed by atoms with Gasteiger partial charge in [-0.1, -0.05) is 0 Å². The fourth-order valence-electron chi connectivity index (χ4n) is 1.33. The lowest BCUT2D eigenvalue weighted by Gasteiger charge is -2.15. The van der Waals surface area contributed by atoms with E-state index in [-0.39, 0.29) is 18.1 Å². The van der Waals surface area contributed by atoms with Gasteiger partial charge in [-0.05, 0) is 18.6 Å². The van der Waals surface area contributed by atoms with Crippen LogP contribution in [0.2, 0.25) is 0 Å². The zero-order chi connectivity index (χ0) is 14.6. The highest BCUT2D eigenvalue weighted by Crippen LogP contribution is 2.30. The summed E-state index contributed by atoms with van der Waals surface area (Å²) in [5, 5.41) is 11.9. The molecule has 1 aromatic rings. The predicted octanol–water partition coefficient (Wildman–Crippen LogP) is 3.04. The van der Waals surface area contributed by atoms with E-state index in [4.69, 9.17) is 11.6 Å². The maximum Gasteiger partial charge on any atom is 0.573 e. The number of nitrogens with one attached hydrogen (secondary N) is 1. The van der Waals surface area contributed by atoms with E-state index in [1.54, 1.807) is 0 Å². The van der Waals surface area contributed by atoms with Crippen LogP contribution in [0.4, 0.5) is 23.2 Å². The molecule has 0 spiro atoms. The first-order chi connectivity index (χ1) is 8.73. The Balaban J connectivity index is 2.85. The topological polar surface area (TPSA) is 41.5 Å². The first kappa shape index (κ1) is 15.8. The maximum absolute atomic E-state index is 13.4. The van der Waals surface area contributed by atoms with E-state index in [2.05, 4.69) is 10.1 Å². The van der Waals surface area contributed by atoms with Crippen LogP contribution in [0.25, 0.3) is 0 Å². The van der Waals surface area contributed by atoms with Gasteiger partial charge in [0.2, 0.25) is 0 Å². The van der Waals surface area contributed by atoms with Crippen molar-refractivity contribution >= 4 is 17.3 Å². The fourth-order valence-corrected chi connectivity index (χ4v) is 1.44. The Kier molecular flexibility index (Phi) is 5.25. The summed E-state index contributed by atoms with van der Waals surface area (Å²) in [5.41, 5.74) is 0.610. The van der Waals surface area contributed by atoms with Crippen LogP contribution in [0, 0.1) is 12.7 Å². The molecule has 0 aliphatic heterocycles. The fraction of sp³-hybridized carbons (Fsp3) is 0.455. The lowest BCUT2D eigenvalue weighted by molar-refractivity contribution is -0.275. The Bertz CT molecular complexity index is 439. The average Bonchev–Trinajstić information content (AvgIpc) is 2.29. The molecule has 0 radical (unpaired) electrons.